The Kier molecular flexibility index (Phi) is 3.71. The molecule has 2 rings (SSSR count). The number of aliphatic carboxylic acids is 2. The van der Waals surface area contributed by atoms with Crippen molar-refractivity contribution in [1.82, 2.24) is 0 Å². The molecule has 4 atom stereocenters. The molecule has 0 spiro atoms. The second-order valence-electron chi connectivity index (χ2n) is 4.69. The van der Waals surface area contributed by atoms with Gasteiger partial charge in [-0.1, -0.05) is 18.2 Å². The van der Waals surface area contributed by atoms with Crippen LogP contribution in [0.15, 0.2) is 30.3 Å². The number of anilines is 1. The van der Waals surface area contributed by atoms with Crippen molar-refractivity contribution < 1.29 is 24.6 Å². The Morgan fingerprint density at radius 2 is 1.70 bits per heavy atom. The molecule has 1 fully saturated rings. The number of nitrogens with two attached hydrogens (primary N) is 1. The normalized spacial score (nSPS) is 25.6. The number of para-hydroxylation sites is 1. The van der Waals surface area contributed by atoms with E-state index in [-0.39, 0.29) is 0 Å². The van der Waals surface area contributed by atoms with Gasteiger partial charge in [-0.3, -0.25) is 14.4 Å². The second-order valence-corrected chi connectivity index (χ2v) is 4.69. The summed E-state index contributed by atoms with van der Waals surface area (Å²) in [6.45, 7) is 0. The molecule has 7 heteroatoms. The van der Waals surface area contributed by atoms with Gasteiger partial charge >= 0.3 is 11.9 Å². The van der Waals surface area contributed by atoms with Crippen LogP contribution in [0.2, 0.25) is 0 Å². The van der Waals surface area contributed by atoms with Crippen molar-refractivity contribution in [2.75, 3.05) is 5.32 Å². The van der Waals surface area contributed by atoms with Crippen LogP contribution in [0.5, 0.6) is 0 Å². The standard InChI is InChI=1S/C13H14N2O5/c14-10(13(19)20)7-8(9(7)12(17)18)11(16)15-6-4-2-1-3-5-6/h1-5,7-10H,14H2,(H,15,16)(H,17,18)(H,19,20)/t7-,8+,9+,10-/m0/s1. The summed E-state index contributed by atoms with van der Waals surface area (Å²) in [4.78, 5) is 33.9. The first-order valence-electron chi connectivity index (χ1n) is 6.00. The minimum absolute atomic E-state index is 0.523. The third-order valence-corrected chi connectivity index (χ3v) is 3.40. The van der Waals surface area contributed by atoms with Gasteiger partial charge in [0.1, 0.15) is 6.04 Å². The van der Waals surface area contributed by atoms with Crippen LogP contribution in [0.3, 0.4) is 0 Å². The first-order chi connectivity index (χ1) is 9.43. The fourth-order valence-electron chi connectivity index (χ4n) is 2.35. The molecule has 1 aromatic rings. The monoisotopic (exact) mass is 278 g/mol. The highest BCUT2D eigenvalue weighted by Crippen LogP contribution is 2.49. The van der Waals surface area contributed by atoms with Crippen LogP contribution in [-0.2, 0) is 14.4 Å². The molecular weight excluding hydrogens is 264 g/mol. The van der Waals surface area contributed by atoms with Gasteiger partial charge in [0.15, 0.2) is 0 Å². The summed E-state index contributed by atoms with van der Waals surface area (Å²) in [6, 6.07) is 7.16. The van der Waals surface area contributed by atoms with Crippen LogP contribution in [0, 0.1) is 17.8 Å². The van der Waals surface area contributed by atoms with Gasteiger partial charge in [-0.2, -0.15) is 0 Å². The predicted molar refractivity (Wildman–Crippen MR) is 68.8 cm³/mol. The average Bonchev–Trinajstić information content (AvgIpc) is 3.14. The molecule has 106 valence electrons. The first-order valence-corrected chi connectivity index (χ1v) is 6.00. The van der Waals surface area contributed by atoms with E-state index in [9.17, 15) is 14.4 Å². The van der Waals surface area contributed by atoms with Gasteiger partial charge in [-0.15, -0.1) is 0 Å². The fraction of sp³-hybridized carbons (Fsp3) is 0.308. The molecule has 0 saturated heterocycles. The highest BCUT2D eigenvalue weighted by Gasteiger charge is 2.63. The minimum atomic E-state index is -1.36. The average molecular weight is 278 g/mol. The van der Waals surface area contributed by atoms with Crippen LogP contribution in [0.25, 0.3) is 0 Å². The lowest BCUT2D eigenvalue weighted by Gasteiger charge is -2.06. The lowest BCUT2D eigenvalue weighted by molar-refractivity contribution is -0.140. The molecular formula is C13H14N2O5. The highest BCUT2D eigenvalue weighted by molar-refractivity contribution is 6.00. The molecule has 1 aliphatic rings. The minimum Gasteiger partial charge on any atom is -0.481 e. The number of amides is 1. The van der Waals surface area contributed by atoms with E-state index in [0.717, 1.165) is 0 Å². The summed E-state index contributed by atoms with van der Waals surface area (Å²) < 4.78 is 0. The molecule has 1 amide bonds. The van der Waals surface area contributed by atoms with Crippen LogP contribution < -0.4 is 11.1 Å². The molecule has 1 aliphatic carbocycles. The van der Waals surface area contributed by atoms with Gasteiger partial charge in [0.25, 0.3) is 0 Å². The van der Waals surface area contributed by atoms with Crippen LogP contribution >= 0.6 is 0 Å². The number of benzene rings is 1. The zero-order valence-corrected chi connectivity index (χ0v) is 10.4. The van der Waals surface area contributed by atoms with Crippen molar-refractivity contribution >= 4 is 23.5 Å². The quantitative estimate of drug-likeness (QED) is 0.599. The maximum Gasteiger partial charge on any atom is 0.320 e. The van der Waals surface area contributed by atoms with Gasteiger partial charge in [-0.05, 0) is 12.1 Å². The summed E-state index contributed by atoms with van der Waals surface area (Å²) in [5.74, 6) is -5.89. The number of carbonyl (C=O) groups excluding carboxylic acids is 1. The summed E-state index contributed by atoms with van der Waals surface area (Å²) in [5, 5.41) is 20.4. The lowest BCUT2D eigenvalue weighted by Crippen LogP contribution is -2.34. The maximum atomic E-state index is 12.0. The van der Waals surface area contributed by atoms with E-state index in [1.807, 2.05) is 0 Å². The molecule has 5 N–H and O–H groups in total. The molecule has 0 aromatic heterocycles. The van der Waals surface area contributed by atoms with Crippen molar-refractivity contribution in [3.63, 3.8) is 0 Å². The molecule has 0 radical (unpaired) electrons. The Morgan fingerprint density at radius 1 is 1.10 bits per heavy atom. The summed E-state index contributed by atoms with van der Waals surface area (Å²) in [5.41, 5.74) is 5.95. The molecule has 0 bridgehead atoms. The van der Waals surface area contributed by atoms with Gasteiger partial charge < -0.3 is 21.3 Å². The van der Waals surface area contributed by atoms with Gasteiger partial charge in [0.2, 0.25) is 5.91 Å². The number of nitrogens with one attached hydrogen (secondary N) is 1. The Morgan fingerprint density at radius 3 is 2.20 bits per heavy atom. The Balaban J connectivity index is 2.09. The van der Waals surface area contributed by atoms with Crippen LogP contribution in [-0.4, -0.2) is 34.1 Å². The molecule has 0 heterocycles. The Hall–Kier alpha value is -2.41. The van der Waals surface area contributed by atoms with Crippen molar-refractivity contribution in [3.05, 3.63) is 30.3 Å². The van der Waals surface area contributed by atoms with Crippen molar-refractivity contribution in [2.24, 2.45) is 23.5 Å². The number of carboxylic acids is 2. The van der Waals surface area contributed by atoms with Gasteiger partial charge in [0.05, 0.1) is 11.8 Å². The smallest absolute Gasteiger partial charge is 0.320 e. The SMILES string of the molecule is N[C@H](C(=O)O)[C@@H]1[C@@H](C(=O)O)[C@@H]1C(=O)Nc1ccccc1. The molecule has 0 unspecified atom stereocenters. The van der Waals surface area contributed by atoms with E-state index < -0.39 is 41.6 Å². The van der Waals surface area contributed by atoms with Crippen LogP contribution in [0.1, 0.15) is 0 Å². The number of rotatable bonds is 5. The van der Waals surface area contributed by atoms with E-state index in [1.165, 1.54) is 0 Å². The molecule has 1 saturated carbocycles. The van der Waals surface area contributed by atoms with Crippen molar-refractivity contribution in [1.29, 1.82) is 0 Å². The molecule has 7 nitrogen and oxygen atoms in total. The number of carboxylic acid groups (broad SMARTS) is 2. The molecule has 20 heavy (non-hydrogen) atoms. The van der Waals surface area contributed by atoms with E-state index in [0.29, 0.717) is 5.69 Å². The van der Waals surface area contributed by atoms with E-state index in [2.05, 4.69) is 5.32 Å². The van der Waals surface area contributed by atoms with E-state index >= 15 is 0 Å². The highest BCUT2D eigenvalue weighted by atomic mass is 16.4. The molecule has 1 aromatic carbocycles. The zero-order chi connectivity index (χ0) is 14.9. The maximum absolute atomic E-state index is 12.0. The van der Waals surface area contributed by atoms with Gasteiger partial charge in [0, 0.05) is 11.6 Å². The number of hydrogen-bond acceptors (Lipinski definition) is 4. The largest absolute Gasteiger partial charge is 0.481 e. The number of carbonyl (C=O) groups is 3. The zero-order valence-electron chi connectivity index (χ0n) is 10.4. The topological polar surface area (TPSA) is 130 Å². The third kappa shape index (κ3) is 2.62. The van der Waals surface area contributed by atoms with Crippen molar-refractivity contribution in [2.45, 2.75) is 6.04 Å². The third-order valence-electron chi connectivity index (χ3n) is 3.40. The molecule has 0 aliphatic heterocycles. The van der Waals surface area contributed by atoms with Gasteiger partial charge in [-0.25, -0.2) is 0 Å². The van der Waals surface area contributed by atoms with E-state index in [1.54, 1.807) is 30.3 Å². The second kappa shape index (κ2) is 5.30. The number of hydrogen-bond donors (Lipinski definition) is 4. The van der Waals surface area contributed by atoms with E-state index in [4.69, 9.17) is 15.9 Å². The lowest BCUT2D eigenvalue weighted by atomic mass is 10.1. The summed E-state index contributed by atoms with van der Waals surface area (Å²) in [7, 11) is 0. The van der Waals surface area contributed by atoms with Crippen LogP contribution in [0.4, 0.5) is 5.69 Å². The predicted octanol–water partition coefficient (Wildman–Crippen LogP) is -0.0162. The van der Waals surface area contributed by atoms with Crippen molar-refractivity contribution in [3.8, 4) is 0 Å². The fourth-order valence-corrected chi connectivity index (χ4v) is 2.35. The Labute approximate surface area is 114 Å². The summed E-state index contributed by atoms with van der Waals surface area (Å²) in [6.07, 6.45) is 0. The Bertz CT molecular complexity index is 545. The summed E-state index contributed by atoms with van der Waals surface area (Å²) >= 11 is 0. The first kappa shape index (κ1) is 14.0.